The minimum atomic E-state index is 0.141. The first-order valence-corrected chi connectivity index (χ1v) is 9.24. The second-order valence-corrected chi connectivity index (χ2v) is 7.33. The van der Waals surface area contributed by atoms with Gasteiger partial charge in [0.25, 0.3) is 5.91 Å². The van der Waals surface area contributed by atoms with Crippen LogP contribution in [0.2, 0.25) is 0 Å². The number of hydrogen-bond acceptors (Lipinski definition) is 2. The Hall–Kier alpha value is -1.90. The van der Waals surface area contributed by atoms with Crippen molar-refractivity contribution < 1.29 is 4.79 Å². The highest BCUT2D eigenvalue weighted by molar-refractivity contribution is 6.06. The predicted molar refractivity (Wildman–Crippen MR) is 99.4 cm³/mol. The standard InChI is InChI=1S/C21H28N2O/c1-15(2)20-14-18(17-12-8-9-13-19(17)22-20)21(24)23(3)16-10-6-4-5-7-11-16/h8-9,12-16H,4-7,10-11H2,1-3H3. The summed E-state index contributed by atoms with van der Waals surface area (Å²) in [6.07, 6.45) is 7.32. The molecule has 1 saturated carbocycles. The van der Waals surface area contributed by atoms with E-state index in [1.54, 1.807) is 0 Å². The number of hydrogen-bond donors (Lipinski definition) is 0. The van der Waals surface area contributed by atoms with Gasteiger partial charge in [-0.3, -0.25) is 9.78 Å². The molecule has 0 unspecified atom stereocenters. The minimum absolute atomic E-state index is 0.141. The fourth-order valence-corrected chi connectivity index (χ4v) is 3.67. The Labute approximate surface area is 145 Å². The van der Waals surface area contributed by atoms with Crippen LogP contribution in [0, 0.1) is 0 Å². The molecule has 0 atom stereocenters. The smallest absolute Gasteiger partial charge is 0.254 e. The summed E-state index contributed by atoms with van der Waals surface area (Å²) in [5.74, 6) is 0.451. The van der Waals surface area contributed by atoms with E-state index in [0.29, 0.717) is 12.0 Å². The Balaban J connectivity index is 1.98. The molecule has 24 heavy (non-hydrogen) atoms. The lowest BCUT2D eigenvalue weighted by Crippen LogP contribution is -2.37. The lowest BCUT2D eigenvalue weighted by Gasteiger charge is -2.28. The van der Waals surface area contributed by atoms with E-state index in [4.69, 9.17) is 4.98 Å². The third-order valence-corrected chi connectivity index (χ3v) is 5.25. The van der Waals surface area contributed by atoms with Crippen molar-refractivity contribution in [1.82, 2.24) is 9.88 Å². The molecule has 0 aliphatic heterocycles. The molecule has 1 heterocycles. The molecule has 3 rings (SSSR count). The zero-order valence-electron chi connectivity index (χ0n) is 15.1. The number of carbonyl (C=O) groups excluding carboxylic acids is 1. The van der Waals surface area contributed by atoms with Gasteiger partial charge in [0.05, 0.1) is 11.1 Å². The molecule has 0 radical (unpaired) electrons. The average Bonchev–Trinajstić information content (AvgIpc) is 2.88. The molecule has 1 aliphatic carbocycles. The fraction of sp³-hybridized carbons (Fsp3) is 0.524. The fourth-order valence-electron chi connectivity index (χ4n) is 3.67. The lowest BCUT2D eigenvalue weighted by molar-refractivity contribution is 0.0719. The molecule has 0 spiro atoms. The first kappa shape index (κ1) is 16.9. The highest BCUT2D eigenvalue weighted by atomic mass is 16.2. The first-order chi connectivity index (χ1) is 11.6. The monoisotopic (exact) mass is 324 g/mol. The van der Waals surface area contributed by atoms with Gasteiger partial charge in [-0.1, -0.05) is 57.7 Å². The first-order valence-electron chi connectivity index (χ1n) is 9.24. The summed E-state index contributed by atoms with van der Waals surface area (Å²) in [7, 11) is 1.97. The largest absolute Gasteiger partial charge is 0.339 e. The van der Waals surface area contributed by atoms with E-state index in [1.807, 2.05) is 42.3 Å². The maximum Gasteiger partial charge on any atom is 0.254 e. The van der Waals surface area contributed by atoms with Gasteiger partial charge in [0.2, 0.25) is 0 Å². The molecule has 3 nitrogen and oxygen atoms in total. The highest BCUT2D eigenvalue weighted by Gasteiger charge is 2.24. The SMILES string of the molecule is CC(C)c1cc(C(=O)N(C)C2CCCCCC2)c2ccccc2n1. The summed E-state index contributed by atoms with van der Waals surface area (Å²) < 4.78 is 0. The predicted octanol–water partition coefficient (Wildman–Crippen LogP) is 5.15. The average molecular weight is 324 g/mol. The second-order valence-electron chi connectivity index (χ2n) is 7.33. The third-order valence-electron chi connectivity index (χ3n) is 5.25. The summed E-state index contributed by atoms with van der Waals surface area (Å²) in [5, 5.41) is 0.965. The molecule has 1 aromatic heterocycles. The van der Waals surface area contributed by atoms with Crippen molar-refractivity contribution in [2.24, 2.45) is 0 Å². The summed E-state index contributed by atoms with van der Waals surface area (Å²) in [5.41, 5.74) is 2.71. The number of benzene rings is 1. The van der Waals surface area contributed by atoms with Gasteiger partial charge in [0.15, 0.2) is 0 Å². The molecule has 2 aromatic rings. The number of pyridine rings is 1. The van der Waals surface area contributed by atoms with E-state index < -0.39 is 0 Å². The summed E-state index contributed by atoms with van der Waals surface area (Å²) >= 11 is 0. The van der Waals surface area contributed by atoms with E-state index in [9.17, 15) is 4.79 Å². The zero-order valence-corrected chi connectivity index (χ0v) is 15.1. The van der Waals surface area contributed by atoms with Crippen molar-refractivity contribution in [1.29, 1.82) is 0 Å². The number of aromatic nitrogens is 1. The normalized spacial score (nSPS) is 16.3. The quantitative estimate of drug-likeness (QED) is 0.731. The van der Waals surface area contributed by atoms with Gasteiger partial charge in [0, 0.05) is 24.2 Å². The van der Waals surface area contributed by atoms with Crippen LogP contribution in [-0.2, 0) is 0 Å². The molecular weight excluding hydrogens is 296 g/mol. The number of carbonyl (C=O) groups is 1. The van der Waals surface area contributed by atoms with Crippen LogP contribution in [0.5, 0.6) is 0 Å². The van der Waals surface area contributed by atoms with Crippen LogP contribution in [0.15, 0.2) is 30.3 Å². The molecular formula is C21H28N2O. The molecule has 1 fully saturated rings. The van der Waals surface area contributed by atoms with Crippen LogP contribution >= 0.6 is 0 Å². The molecule has 3 heteroatoms. The van der Waals surface area contributed by atoms with E-state index in [1.165, 1.54) is 25.7 Å². The van der Waals surface area contributed by atoms with Crippen molar-refractivity contribution in [3.8, 4) is 0 Å². The Morgan fingerprint density at radius 1 is 1.12 bits per heavy atom. The maximum atomic E-state index is 13.2. The second kappa shape index (κ2) is 7.33. The number of fused-ring (bicyclic) bond motifs is 1. The van der Waals surface area contributed by atoms with E-state index in [0.717, 1.165) is 35.0 Å². The van der Waals surface area contributed by atoms with Gasteiger partial charge < -0.3 is 4.90 Å². The van der Waals surface area contributed by atoms with Gasteiger partial charge in [-0.25, -0.2) is 0 Å². The van der Waals surface area contributed by atoms with Crippen molar-refractivity contribution >= 4 is 16.8 Å². The molecule has 128 valence electrons. The van der Waals surface area contributed by atoms with Gasteiger partial charge in [-0.2, -0.15) is 0 Å². The highest BCUT2D eigenvalue weighted by Crippen LogP contribution is 2.26. The lowest BCUT2D eigenvalue weighted by atomic mass is 10.0. The number of rotatable bonds is 3. The Kier molecular flexibility index (Phi) is 5.17. The molecule has 1 aliphatic rings. The van der Waals surface area contributed by atoms with Gasteiger partial charge in [-0.15, -0.1) is 0 Å². The molecule has 0 N–H and O–H groups in total. The van der Waals surface area contributed by atoms with E-state index in [2.05, 4.69) is 13.8 Å². The number of amides is 1. The van der Waals surface area contributed by atoms with Crippen molar-refractivity contribution in [3.05, 3.63) is 41.6 Å². The van der Waals surface area contributed by atoms with E-state index in [-0.39, 0.29) is 5.91 Å². The van der Waals surface area contributed by atoms with Crippen molar-refractivity contribution in [3.63, 3.8) is 0 Å². The Morgan fingerprint density at radius 3 is 2.46 bits per heavy atom. The maximum absolute atomic E-state index is 13.2. The zero-order chi connectivity index (χ0) is 17.1. The van der Waals surface area contributed by atoms with Crippen LogP contribution < -0.4 is 0 Å². The van der Waals surface area contributed by atoms with Crippen molar-refractivity contribution in [2.45, 2.75) is 64.3 Å². The van der Waals surface area contributed by atoms with Gasteiger partial charge >= 0.3 is 0 Å². The van der Waals surface area contributed by atoms with Crippen LogP contribution in [0.4, 0.5) is 0 Å². The molecule has 1 amide bonds. The summed E-state index contributed by atoms with van der Waals surface area (Å²) in [4.78, 5) is 20.0. The molecule has 0 bridgehead atoms. The van der Waals surface area contributed by atoms with Crippen LogP contribution in [0.1, 0.15) is 74.3 Å². The van der Waals surface area contributed by atoms with Gasteiger partial charge in [0.1, 0.15) is 0 Å². The Morgan fingerprint density at radius 2 is 1.79 bits per heavy atom. The van der Waals surface area contributed by atoms with Crippen LogP contribution in [-0.4, -0.2) is 28.9 Å². The number of para-hydroxylation sites is 1. The third kappa shape index (κ3) is 3.45. The number of nitrogens with zero attached hydrogens (tertiary/aromatic N) is 2. The molecule has 0 saturated heterocycles. The topological polar surface area (TPSA) is 33.2 Å². The Bertz CT molecular complexity index is 715. The summed E-state index contributed by atoms with van der Waals surface area (Å²) in [6, 6.07) is 10.4. The van der Waals surface area contributed by atoms with Gasteiger partial charge in [-0.05, 0) is 30.9 Å². The molecule has 1 aromatic carbocycles. The van der Waals surface area contributed by atoms with Crippen LogP contribution in [0.3, 0.4) is 0 Å². The van der Waals surface area contributed by atoms with E-state index >= 15 is 0 Å². The minimum Gasteiger partial charge on any atom is -0.339 e. The van der Waals surface area contributed by atoms with Crippen LogP contribution in [0.25, 0.3) is 10.9 Å². The van der Waals surface area contributed by atoms with Crippen molar-refractivity contribution in [2.75, 3.05) is 7.05 Å². The summed E-state index contributed by atoms with van der Waals surface area (Å²) in [6.45, 7) is 4.25.